The fourth-order valence-electron chi connectivity index (χ4n) is 3.29. The molecule has 1 amide bonds. The zero-order chi connectivity index (χ0) is 21.1. The Morgan fingerprint density at radius 3 is 2.87 bits per heavy atom. The molecule has 30 heavy (non-hydrogen) atoms. The van der Waals surface area contributed by atoms with E-state index in [1.165, 1.54) is 11.3 Å². The zero-order valence-electron chi connectivity index (χ0n) is 16.8. The average Bonchev–Trinajstić information content (AvgIpc) is 3.33. The number of nitrogens with one attached hydrogen (secondary N) is 1. The number of imidazole rings is 1. The van der Waals surface area contributed by atoms with E-state index in [1.807, 2.05) is 59.3 Å². The number of carbonyl (C=O) groups is 1. The van der Waals surface area contributed by atoms with Gasteiger partial charge in [0.1, 0.15) is 12.4 Å². The Kier molecular flexibility index (Phi) is 6.06. The molecule has 1 N–H and O–H groups in total. The quantitative estimate of drug-likeness (QED) is 0.367. The van der Waals surface area contributed by atoms with E-state index in [0.29, 0.717) is 22.5 Å². The molecule has 5 nitrogen and oxygen atoms in total. The minimum atomic E-state index is -0.165. The van der Waals surface area contributed by atoms with Gasteiger partial charge in [0.25, 0.3) is 5.91 Å². The molecule has 2 aromatic heterocycles. The highest BCUT2D eigenvalue weighted by Crippen LogP contribution is 2.25. The first-order valence-corrected chi connectivity index (χ1v) is 11.0. The molecule has 4 rings (SSSR count). The number of hydrogen-bond donors (Lipinski definition) is 1. The summed E-state index contributed by atoms with van der Waals surface area (Å²) in [6.07, 6.45) is 0.952. The van der Waals surface area contributed by atoms with Crippen LogP contribution in [-0.4, -0.2) is 15.5 Å². The Morgan fingerprint density at radius 2 is 2.07 bits per heavy atom. The van der Waals surface area contributed by atoms with E-state index < -0.39 is 0 Å². The van der Waals surface area contributed by atoms with Crippen LogP contribution >= 0.6 is 22.9 Å². The molecule has 7 heteroatoms. The van der Waals surface area contributed by atoms with Crippen LogP contribution in [0.15, 0.2) is 53.9 Å². The second-order valence-electron chi connectivity index (χ2n) is 7.05. The van der Waals surface area contributed by atoms with Gasteiger partial charge in [0, 0.05) is 17.1 Å². The third kappa shape index (κ3) is 4.35. The lowest BCUT2D eigenvalue weighted by molar-refractivity contribution is 0.102. The van der Waals surface area contributed by atoms with Crippen molar-refractivity contribution < 1.29 is 9.53 Å². The third-order valence-electron chi connectivity index (χ3n) is 4.74. The van der Waals surface area contributed by atoms with E-state index in [2.05, 4.69) is 17.2 Å². The molecule has 4 aromatic rings. The highest BCUT2D eigenvalue weighted by molar-refractivity contribution is 7.12. The van der Waals surface area contributed by atoms with Gasteiger partial charge in [0.2, 0.25) is 5.95 Å². The lowest BCUT2D eigenvalue weighted by Crippen LogP contribution is -2.15. The number of thiophene rings is 1. The van der Waals surface area contributed by atoms with E-state index in [0.717, 1.165) is 40.9 Å². The van der Waals surface area contributed by atoms with Crippen LogP contribution in [0.3, 0.4) is 0 Å². The second-order valence-corrected chi connectivity index (χ2v) is 8.40. The van der Waals surface area contributed by atoms with Crippen LogP contribution in [0.25, 0.3) is 11.0 Å². The highest BCUT2D eigenvalue weighted by atomic mass is 35.5. The Hall–Kier alpha value is -2.83. The minimum Gasteiger partial charge on any atom is -0.489 e. The van der Waals surface area contributed by atoms with Gasteiger partial charge in [0.15, 0.2) is 0 Å². The molecule has 2 aromatic carbocycles. The standard InChI is InChI=1S/C23H22ClN3O2S/c1-3-10-27-19-7-5-4-6-18(19)25-23(27)26-22(28)21-12-16(14-30-21)13-29-20-9-8-17(24)11-15(20)2/h4-9,11-12,14H,3,10,13H2,1-2H3,(H,25,26,28). The lowest BCUT2D eigenvalue weighted by atomic mass is 10.2. The molecule has 154 valence electrons. The minimum absolute atomic E-state index is 0.165. The predicted octanol–water partition coefficient (Wildman–Crippen LogP) is 6.30. The molecular formula is C23H22ClN3O2S. The van der Waals surface area contributed by atoms with Gasteiger partial charge in [-0.25, -0.2) is 4.98 Å². The number of anilines is 1. The van der Waals surface area contributed by atoms with Crippen molar-refractivity contribution in [3.05, 3.63) is 74.9 Å². The molecule has 0 saturated carbocycles. The number of halogens is 1. The van der Waals surface area contributed by atoms with Crippen LogP contribution in [0, 0.1) is 6.92 Å². The van der Waals surface area contributed by atoms with Crippen LogP contribution in [0.4, 0.5) is 5.95 Å². The number of aromatic nitrogens is 2. The smallest absolute Gasteiger partial charge is 0.268 e. The van der Waals surface area contributed by atoms with Gasteiger partial charge < -0.3 is 9.30 Å². The van der Waals surface area contributed by atoms with Crippen molar-refractivity contribution >= 4 is 45.8 Å². The number of rotatable bonds is 7. The van der Waals surface area contributed by atoms with Gasteiger partial charge in [-0.2, -0.15) is 0 Å². The lowest BCUT2D eigenvalue weighted by Gasteiger charge is -2.08. The van der Waals surface area contributed by atoms with Crippen LogP contribution in [0.1, 0.15) is 34.1 Å². The first-order valence-electron chi connectivity index (χ1n) is 9.78. The van der Waals surface area contributed by atoms with Crippen LogP contribution in [0.2, 0.25) is 5.02 Å². The molecule has 0 aliphatic rings. The summed E-state index contributed by atoms with van der Waals surface area (Å²) in [7, 11) is 0. The monoisotopic (exact) mass is 439 g/mol. The summed E-state index contributed by atoms with van der Waals surface area (Å²) in [6.45, 7) is 5.24. The number of nitrogens with zero attached hydrogens (tertiary/aromatic N) is 2. The van der Waals surface area contributed by atoms with E-state index in [4.69, 9.17) is 16.3 Å². The van der Waals surface area contributed by atoms with Crippen LogP contribution < -0.4 is 10.1 Å². The molecule has 2 heterocycles. The zero-order valence-corrected chi connectivity index (χ0v) is 18.4. The van der Waals surface area contributed by atoms with Gasteiger partial charge in [-0.05, 0) is 60.7 Å². The fourth-order valence-corrected chi connectivity index (χ4v) is 4.31. The summed E-state index contributed by atoms with van der Waals surface area (Å²) in [5, 5.41) is 5.59. The molecule has 0 unspecified atom stereocenters. The average molecular weight is 440 g/mol. The van der Waals surface area contributed by atoms with Crippen molar-refractivity contribution in [2.75, 3.05) is 5.32 Å². The van der Waals surface area contributed by atoms with Gasteiger partial charge in [0.05, 0.1) is 15.9 Å². The Labute approximate surface area is 184 Å². The Bertz CT molecular complexity index is 1200. The summed E-state index contributed by atoms with van der Waals surface area (Å²) in [6, 6.07) is 15.3. The van der Waals surface area contributed by atoms with Gasteiger partial charge in [-0.3, -0.25) is 10.1 Å². The van der Waals surface area contributed by atoms with Crippen molar-refractivity contribution in [2.45, 2.75) is 33.4 Å². The number of aryl methyl sites for hydroxylation is 2. The molecule has 0 aliphatic heterocycles. The number of carbonyl (C=O) groups excluding carboxylic acids is 1. The number of amides is 1. The summed E-state index contributed by atoms with van der Waals surface area (Å²) in [4.78, 5) is 18.0. The first-order chi connectivity index (χ1) is 14.5. The van der Waals surface area contributed by atoms with E-state index in [1.54, 1.807) is 6.07 Å². The normalized spacial score (nSPS) is 11.0. The van der Waals surface area contributed by atoms with Crippen molar-refractivity contribution in [3.63, 3.8) is 0 Å². The van der Waals surface area contributed by atoms with Crippen LogP contribution in [-0.2, 0) is 13.2 Å². The van der Waals surface area contributed by atoms with E-state index in [-0.39, 0.29) is 5.91 Å². The van der Waals surface area contributed by atoms with Gasteiger partial charge in [-0.1, -0.05) is 30.7 Å². The number of fused-ring (bicyclic) bond motifs is 1. The molecular weight excluding hydrogens is 418 g/mol. The maximum Gasteiger partial charge on any atom is 0.268 e. The number of hydrogen-bond acceptors (Lipinski definition) is 4. The summed E-state index contributed by atoms with van der Waals surface area (Å²) in [5.41, 5.74) is 3.82. The first kappa shape index (κ1) is 20.4. The SMILES string of the molecule is CCCn1c(NC(=O)c2cc(COc3ccc(Cl)cc3C)cs2)nc2ccccc21. The summed E-state index contributed by atoms with van der Waals surface area (Å²) < 4.78 is 7.93. The Balaban J connectivity index is 1.47. The third-order valence-corrected chi connectivity index (χ3v) is 5.95. The van der Waals surface area contributed by atoms with Crippen LogP contribution in [0.5, 0.6) is 5.75 Å². The second kappa shape index (κ2) is 8.90. The van der Waals surface area contributed by atoms with Crippen molar-refractivity contribution in [1.82, 2.24) is 9.55 Å². The van der Waals surface area contributed by atoms with Crippen molar-refractivity contribution in [3.8, 4) is 5.75 Å². The summed E-state index contributed by atoms with van der Waals surface area (Å²) >= 11 is 7.38. The predicted molar refractivity (Wildman–Crippen MR) is 123 cm³/mol. The molecule has 0 atom stereocenters. The molecule has 0 radical (unpaired) electrons. The fraction of sp³-hybridized carbons (Fsp3) is 0.217. The van der Waals surface area contributed by atoms with E-state index in [9.17, 15) is 4.79 Å². The van der Waals surface area contributed by atoms with Gasteiger partial charge >= 0.3 is 0 Å². The number of para-hydroxylation sites is 2. The Morgan fingerprint density at radius 1 is 1.23 bits per heavy atom. The topological polar surface area (TPSA) is 56.2 Å². The van der Waals surface area contributed by atoms with Crippen molar-refractivity contribution in [2.24, 2.45) is 0 Å². The number of ether oxygens (including phenoxy) is 1. The number of benzene rings is 2. The van der Waals surface area contributed by atoms with Gasteiger partial charge in [-0.15, -0.1) is 11.3 Å². The summed E-state index contributed by atoms with van der Waals surface area (Å²) in [5.74, 6) is 1.19. The molecule has 0 aliphatic carbocycles. The molecule has 0 spiro atoms. The maximum absolute atomic E-state index is 12.8. The largest absolute Gasteiger partial charge is 0.489 e. The van der Waals surface area contributed by atoms with Crippen molar-refractivity contribution in [1.29, 1.82) is 0 Å². The molecule has 0 bridgehead atoms. The van der Waals surface area contributed by atoms with E-state index >= 15 is 0 Å². The highest BCUT2D eigenvalue weighted by Gasteiger charge is 2.15. The maximum atomic E-state index is 12.8. The molecule has 0 fully saturated rings. The molecule has 0 saturated heterocycles.